The SMILES string of the molecule is COc1cc(Nc2c(C#N)c[nH]c3c2ccc2c(OC)c(=O)ccc23)c(Cl)cc1Cl. The Kier molecular flexibility index (Phi) is 5.17. The van der Waals surface area contributed by atoms with E-state index in [1.54, 1.807) is 30.5 Å². The summed E-state index contributed by atoms with van der Waals surface area (Å²) in [7, 11) is 2.97. The maximum Gasteiger partial charge on any atom is 0.221 e. The third-order valence-electron chi connectivity index (χ3n) is 4.84. The lowest BCUT2D eigenvalue weighted by molar-refractivity contribution is 0.415. The van der Waals surface area contributed by atoms with Gasteiger partial charge in [0.25, 0.3) is 0 Å². The van der Waals surface area contributed by atoms with Gasteiger partial charge in [-0.25, -0.2) is 0 Å². The van der Waals surface area contributed by atoms with Crippen molar-refractivity contribution in [1.82, 2.24) is 4.98 Å². The zero-order chi connectivity index (χ0) is 21.4. The zero-order valence-electron chi connectivity index (χ0n) is 16.0. The van der Waals surface area contributed by atoms with Gasteiger partial charge in [-0.2, -0.15) is 5.26 Å². The van der Waals surface area contributed by atoms with Crippen LogP contribution in [0.2, 0.25) is 10.0 Å². The van der Waals surface area contributed by atoms with Crippen LogP contribution < -0.4 is 20.2 Å². The number of aromatic nitrogens is 1. The number of benzene rings is 3. The number of fused-ring (bicyclic) bond motifs is 3. The maximum atomic E-state index is 12.1. The van der Waals surface area contributed by atoms with Crippen molar-refractivity contribution in [2.24, 2.45) is 0 Å². The maximum absolute atomic E-state index is 12.1. The van der Waals surface area contributed by atoms with Gasteiger partial charge in [0.05, 0.1) is 46.7 Å². The van der Waals surface area contributed by atoms with Crippen LogP contribution in [-0.2, 0) is 0 Å². The van der Waals surface area contributed by atoms with Crippen LogP contribution in [0.1, 0.15) is 5.56 Å². The highest BCUT2D eigenvalue weighted by atomic mass is 35.5. The topological polar surface area (TPSA) is 87.1 Å². The van der Waals surface area contributed by atoms with E-state index in [9.17, 15) is 10.1 Å². The fourth-order valence-corrected chi connectivity index (χ4v) is 3.94. The van der Waals surface area contributed by atoms with Gasteiger partial charge in [-0.15, -0.1) is 0 Å². The van der Waals surface area contributed by atoms with E-state index in [4.69, 9.17) is 32.7 Å². The van der Waals surface area contributed by atoms with Crippen LogP contribution in [0.25, 0.3) is 21.7 Å². The van der Waals surface area contributed by atoms with Crippen LogP contribution in [0.15, 0.2) is 47.4 Å². The summed E-state index contributed by atoms with van der Waals surface area (Å²) in [6.07, 6.45) is 1.60. The van der Waals surface area contributed by atoms with Gasteiger partial charge in [-0.05, 0) is 30.3 Å². The Labute approximate surface area is 181 Å². The number of pyridine rings is 1. The summed E-state index contributed by atoms with van der Waals surface area (Å²) in [5.41, 5.74) is 2.03. The van der Waals surface area contributed by atoms with E-state index >= 15 is 0 Å². The summed E-state index contributed by atoms with van der Waals surface area (Å²) < 4.78 is 10.6. The summed E-state index contributed by atoms with van der Waals surface area (Å²) in [5.74, 6) is 0.721. The normalized spacial score (nSPS) is 10.8. The van der Waals surface area contributed by atoms with Crippen LogP contribution in [0.4, 0.5) is 11.4 Å². The molecule has 2 N–H and O–H groups in total. The second kappa shape index (κ2) is 7.79. The Hall–Kier alpha value is -3.40. The first kappa shape index (κ1) is 19.9. The molecule has 0 spiro atoms. The molecule has 30 heavy (non-hydrogen) atoms. The van der Waals surface area contributed by atoms with E-state index in [0.29, 0.717) is 38.1 Å². The average molecular weight is 440 g/mol. The largest absolute Gasteiger partial charge is 0.495 e. The Morgan fingerprint density at radius 2 is 1.73 bits per heavy atom. The van der Waals surface area contributed by atoms with E-state index in [0.717, 1.165) is 16.3 Å². The second-order valence-electron chi connectivity index (χ2n) is 6.46. The lowest BCUT2D eigenvalue weighted by Crippen LogP contribution is -2.04. The minimum Gasteiger partial charge on any atom is -0.495 e. The number of methoxy groups -OCH3 is 2. The quantitative estimate of drug-likeness (QED) is 0.402. The molecule has 0 saturated carbocycles. The van der Waals surface area contributed by atoms with Crippen LogP contribution in [0.3, 0.4) is 0 Å². The molecule has 0 fully saturated rings. The summed E-state index contributed by atoms with van der Waals surface area (Å²) >= 11 is 12.5. The molecule has 0 aliphatic rings. The standard InChI is InChI=1S/C22H15Cl2N3O3/c1-29-19-8-17(15(23)7-16(19)24)27-20-11(9-25)10-26-21-12-5-6-18(28)22(30-2)13(12)3-4-14(20)21/h3-8,10,26-27H,1-2H3. The number of hydrogen-bond donors (Lipinski definition) is 2. The predicted molar refractivity (Wildman–Crippen MR) is 120 cm³/mol. The highest BCUT2D eigenvalue weighted by Crippen LogP contribution is 2.39. The van der Waals surface area contributed by atoms with Crippen LogP contribution in [0, 0.1) is 11.3 Å². The minimum atomic E-state index is -0.198. The molecular weight excluding hydrogens is 425 g/mol. The first-order valence-corrected chi connectivity index (χ1v) is 9.59. The highest BCUT2D eigenvalue weighted by Gasteiger charge is 2.16. The lowest BCUT2D eigenvalue weighted by atomic mass is 10.0. The monoisotopic (exact) mass is 439 g/mol. The summed E-state index contributed by atoms with van der Waals surface area (Å²) in [6, 6.07) is 12.2. The molecule has 8 heteroatoms. The third kappa shape index (κ3) is 3.18. The van der Waals surface area contributed by atoms with Crippen LogP contribution in [-0.4, -0.2) is 19.2 Å². The number of ether oxygens (including phenoxy) is 2. The Bertz CT molecular complexity index is 1410. The van der Waals surface area contributed by atoms with E-state index in [-0.39, 0.29) is 11.2 Å². The number of rotatable bonds is 4. The fourth-order valence-electron chi connectivity index (χ4n) is 3.43. The molecule has 0 unspecified atom stereocenters. The van der Waals surface area contributed by atoms with Crippen molar-refractivity contribution in [2.45, 2.75) is 0 Å². The molecule has 4 rings (SSSR count). The van der Waals surface area contributed by atoms with Crippen molar-refractivity contribution >= 4 is 56.3 Å². The Balaban J connectivity index is 1.99. The molecule has 0 saturated heterocycles. The number of hydrogen-bond acceptors (Lipinski definition) is 5. The molecule has 3 aromatic carbocycles. The predicted octanol–water partition coefficient (Wildman–Crippen LogP) is 5.62. The van der Waals surface area contributed by atoms with Gasteiger partial charge >= 0.3 is 0 Å². The van der Waals surface area contributed by atoms with Gasteiger partial charge in [-0.1, -0.05) is 23.2 Å². The fraction of sp³-hybridized carbons (Fsp3) is 0.0909. The Morgan fingerprint density at radius 1 is 1.00 bits per heavy atom. The number of H-pyrrole nitrogens is 1. The highest BCUT2D eigenvalue weighted by molar-refractivity contribution is 6.37. The molecule has 150 valence electrons. The van der Waals surface area contributed by atoms with Crippen molar-refractivity contribution in [2.75, 3.05) is 19.5 Å². The third-order valence-corrected chi connectivity index (χ3v) is 5.45. The first-order valence-electron chi connectivity index (χ1n) is 8.83. The Morgan fingerprint density at radius 3 is 2.43 bits per heavy atom. The van der Waals surface area contributed by atoms with Crippen molar-refractivity contribution in [3.8, 4) is 17.6 Å². The number of nitrogens with one attached hydrogen (secondary N) is 2. The minimum absolute atomic E-state index is 0.198. The lowest BCUT2D eigenvalue weighted by Gasteiger charge is -2.16. The first-order chi connectivity index (χ1) is 14.5. The molecule has 0 amide bonds. The summed E-state index contributed by atoms with van der Waals surface area (Å²) in [6.45, 7) is 0. The van der Waals surface area contributed by atoms with Gasteiger partial charge < -0.3 is 19.8 Å². The van der Waals surface area contributed by atoms with Crippen molar-refractivity contribution in [3.05, 3.63) is 68.4 Å². The average Bonchev–Trinajstić information content (AvgIpc) is 2.75. The van der Waals surface area contributed by atoms with Crippen molar-refractivity contribution in [3.63, 3.8) is 0 Å². The number of anilines is 2. The molecule has 1 heterocycles. The summed E-state index contributed by atoms with van der Waals surface area (Å²) in [5, 5.41) is 15.9. The molecule has 6 nitrogen and oxygen atoms in total. The van der Waals surface area contributed by atoms with E-state index in [1.807, 2.05) is 6.07 Å². The van der Waals surface area contributed by atoms with Gasteiger partial charge in [0.2, 0.25) is 5.43 Å². The van der Waals surface area contributed by atoms with E-state index in [2.05, 4.69) is 16.4 Å². The molecule has 4 aromatic rings. The van der Waals surface area contributed by atoms with Gasteiger partial charge in [0, 0.05) is 28.4 Å². The molecule has 0 bridgehead atoms. The molecule has 0 aliphatic carbocycles. The number of nitriles is 1. The second-order valence-corrected chi connectivity index (χ2v) is 7.28. The number of aromatic amines is 1. The number of nitrogens with zero attached hydrogens (tertiary/aromatic N) is 1. The smallest absolute Gasteiger partial charge is 0.221 e. The van der Waals surface area contributed by atoms with Crippen LogP contribution >= 0.6 is 23.2 Å². The zero-order valence-corrected chi connectivity index (χ0v) is 17.5. The molecule has 0 radical (unpaired) electrons. The molecule has 1 aromatic heterocycles. The van der Waals surface area contributed by atoms with Gasteiger partial charge in [0.1, 0.15) is 11.8 Å². The number of halogens is 2. The van der Waals surface area contributed by atoms with Crippen molar-refractivity contribution < 1.29 is 9.47 Å². The summed E-state index contributed by atoms with van der Waals surface area (Å²) in [4.78, 5) is 15.3. The van der Waals surface area contributed by atoms with E-state index < -0.39 is 0 Å². The molecular formula is C22H15Cl2N3O3. The van der Waals surface area contributed by atoms with Gasteiger partial charge in [0.15, 0.2) is 5.75 Å². The van der Waals surface area contributed by atoms with Gasteiger partial charge in [-0.3, -0.25) is 4.79 Å². The molecule has 0 atom stereocenters. The van der Waals surface area contributed by atoms with Crippen molar-refractivity contribution in [1.29, 1.82) is 5.26 Å². The molecule has 0 aliphatic heterocycles. The van der Waals surface area contributed by atoms with Crippen LogP contribution in [0.5, 0.6) is 11.5 Å². The van der Waals surface area contributed by atoms with E-state index in [1.165, 1.54) is 20.3 Å².